The highest BCUT2D eigenvalue weighted by Crippen LogP contribution is 1.92. The Morgan fingerprint density at radius 2 is 1.75 bits per heavy atom. The molecule has 0 amide bonds. The molecule has 8 heavy (non-hydrogen) atoms. The molecule has 0 aliphatic rings. The first-order chi connectivity index (χ1) is 3.68. The number of hydrogen-bond donors (Lipinski definition) is 2. The van der Waals surface area contributed by atoms with Crippen LogP contribution >= 0.6 is 0 Å². The zero-order valence-corrected chi connectivity index (χ0v) is 5.39. The van der Waals surface area contributed by atoms with Crippen LogP contribution in [0.3, 0.4) is 0 Å². The normalized spacial score (nSPS) is 12.0. The molecule has 3 N–H and O–H groups in total. The van der Waals surface area contributed by atoms with E-state index in [1.165, 1.54) is 14.2 Å². The minimum Gasteiger partial charge on any atom is -0.328 e. The summed E-state index contributed by atoms with van der Waals surface area (Å²) in [6, 6.07) is -1.12. The number of ether oxygens (including phenoxy) is 2. The first kappa shape index (κ1) is 7.84. The Balaban J connectivity index is 3.58. The Bertz CT molecular complexity index is 54.8. The van der Waals surface area contributed by atoms with Gasteiger partial charge in [0.1, 0.15) is 0 Å². The summed E-state index contributed by atoms with van der Waals surface area (Å²) in [5.74, 6) is 0. The van der Waals surface area contributed by atoms with Crippen molar-refractivity contribution in [2.45, 2.75) is 6.03 Å². The van der Waals surface area contributed by atoms with Crippen LogP contribution in [-0.2, 0) is 9.47 Å². The molecule has 0 aliphatic carbocycles. The molecule has 4 nitrogen and oxygen atoms in total. The summed E-state index contributed by atoms with van der Waals surface area (Å²) in [5.41, 5.74) is 5.34. The van der Waals surface area contributed by atoms with Gasteiger partial charge in [-0.3, -0.25) is 11.1 Å². The van der Waals surface area contributed by atoms with E-state index in [1.54, 1.807) is 7.05 Å². The van der Waals surface area contributed by atoms with Gasteiger partial charge in [0, 0.05) is 14.2 Å². The van der Waals surface area contributed by atoms with Crippen molar-refractivity contribution in [2.24, 2.45) is 5.73 Å². The Morgan fingerprint density at radius 1 is 1.38 bits per heavy atom. The lowest BCUT2D eigenvalue weighted by molar-refractivity contribution is -0.219. The number of nitrogens with two attached hydrogens (primary N) is 1. The maximum Gasteiger partial charge on any atom is 0.288 e. The second-order valence-corrected chi connectivity index (χ2v) is 1.33. The van der Waals surface area contributed by atoms with E-state index in [1.807, 2.05) is 0 Å². The van der Waals surface area contributed by atoms with Crippen molar-refractivity contribution in [3.8, 4) is 0 Å². The van der Waals surface area contributed by atoms with E-state index in [0.29, 0.717) is 0 Å². The minimum atomic E-state index is -1.12. The standard InChI is InChI=1S/C4H12N2O2/c1-6-4(5,7-2)8-3/h6H,5H2,1-3H3. The first-order valence-corrected chi connectivity index (χ1v) is 2.26. The Morgan fingerprint density at radius 3 is 1.75 bits per heavy atom. The third kappa shape index (κ3) is 1.75. The zero-order valence-electron chi connectivity index (χ0n) is 5.39. The molecular weight excluding hydrogens is 108 g/mol. The monoisotopic (exact) mass is 120 g/mol. The predicted octanol–water partition coefficient (Wildman–Crippen LogP) is -0.931. The topological polar surface area (TPSA) is 56.5 Å². The fraction of sp³-hybridized carbons (Fsp3) is 1.00. The maximum atomic E-state index is 5.34. The van der Waals surface area contributed by atoms with Crippen molar-refractivity contribution in [1.82, 2.24) is 5.32 Å². The molecule has 0 aromatic rings. The van der Waals surface area contributed by atoms with Crippen LogP contribution in [0.5, 0.6) is 0 Å². The molecule has 0 atom stereocenters. The lowest BCUT2D eigenvalue weighted by Crippen LogP contribution is -2.54. The number of rotatable bonds is 3. The van der Waals surface area contributed by atoms with Crippen molar-refractivity contribution in [3.05, 3.63) is 0 Å². The van der Waals surface area contributed by atoms with Crippen LogP contribution < -0.4 is 11.1 Å². The van der Waals surface area contributed by atoms with Gasteiger partial charge in [-0.05, 0) is 7.05 Å². The van der Waals surface area contributed by atoms with Crippen molar-refractivity contribution in [1.29, 1.82) is 0 Å². The van der Waals surface area contributed by atoms with Gasteiger partial charge >= 0.3 is 0 Å². The lowest BCUT2D eigenvalue weighted by atomic mass is 10.8. The summed E-state index contributed by atoms with van der Waals surface area (Å²) < 4.78 is 9.36. The smallest absolute Gasteiger partial charge is 0.288 e. The summed E-state index contributed by atoms with van der Waals surface area (Å²) in [7, 11) is 4.56. The summed E-state index contributed by atoms with van der Waals surface area (Å²) in [6.45, 7) is 0. The molecule has 0 heterocycles. The van der Waals surface area contributed by atoms with Gasteiger partial charge in [-0.25, -0.2) is 0 Å². The molecule has 0 unspecified atom stereocenters. The number of hydrogen-bond acceptors (Lipinski definition) is 4. The molecule has 0 rings (SSSR count). The number of nitrogens with one attached hydrogen (secondary N) is 1. The predicted molar refractivity (Wildman–Crippen MR) is 30.0 cm³/mol. The van der Waals surface area contributed by atoms with E-state index >= 15 is 0 Å². The van der Waals surface area contributed by atoms with Crippen molar-refractivity contribution in [2.75, 3.05) is 21.3 Å². The SMILES string of the molecule is CNC(N)(OC)OC. The van der Waals surface area contributed by atoms with Crippen molar-refractivity contribution >= 4 is 0 Å². The molecule has 50 valence electrons. The quantitative estimate of drug-likeness (QED) is 0.472. The van der Waals surface area contributed by atoms with Crippen LogP contribution in [0.1, 0.15) is 0 Å². The molecule has 0 spiro atoms. The highest BCUT2D eigenvalue weighted by Gasteiger charge is 2.18. The Labute approximate surface area is 49.0 Å². The molecule has 0 bridgehead atoms. The van der Waals surface area contributed by atoms with Crippen molar-refractivity contribution < 1.29 is 9.47 Å². The van der Waals surface area contributed by atoms with Gasteiger partial charge in [-0.15, -0.1) is 0 Å². The van der Waals surface area contributed by atoms with E-state index in [-0.39, 0.29) is 0 Å². The van der Waals surface area contributed by atoms with Crippen LogP contribution in [0.4, 0.5) is 0 Å². The fourth-order valence-corrected chi connectivity index (χ4v) is 0.287. The van der Waals surface area contributed by atoms with Crippen LogP contribution in [0.25, 0.3) is 0 Å². The van der Waals surface area contributed by atoms with Crippen molar-refractivity contribution in [3.63, 3.8) is 0 Å². The van der Waals surface area contributed by atoms with E-state index in [4.69, 9.17) is 5.73 Å². The first-order valence-electron chi connectivity index (χ1n) is 2.26. The zero-order chi connectivity index (χ0) is 6.62. The van der Waals surface area contributed by atoms with Crippen LogP contribution in [0.15, 0.2) is 0 Å². The second-order valence-electron chi connectivity index (χ2n) is 1.33. The van der Waals surface area contributed by atoms with Gasteiger partial charge in [0.05, 0.1) is 0 Å². The molecule has 0 fully saturated rings. The van der Waals surface area contributed by atoms with E-state index in [2.05, 4.69) is 14.8 Å². The molecule has 0 saturated carbocycles. The van der Waals surface area contributed by atoms with Gasteiger partial charge in [-0.1, -0.05) is 0 Å². The number of methoxy groups -OCH3 is 2. The highest BCUT2D eigenvalue weighted by atomic mass is 16.7. The summed E-state index contributed by atoms with van der Waals surface area (Å²) >= 11 is 0. The molecule has 0 radical (unpaired) electrons. The Hall–Kier alpha value is -0.160. The van der Waals surface area contributed by atoms with Crippen LogP contribution in [0.2, 0.25) is 0 Å². The van der Waals surface area contributed by atoms with E-state index in [0.717, 1.165) is 0 Å². The van der Waals surface area contributed by atoms with Gasteiger partial charge < -0.3 is 9.47 Å². The Kier molecular flexibility index (Phi) is 2.93. The highest BCUT2D eigenvalue weighted by molar-refractivity contribution is 4.48. The second kappa shape index (κ2) is 2.99. The maximum absolute atomic E-state index is 5.34. The summed E-state index contributed by atoms with van der Waals surface area (Å²) in [4.78, 5) is 0. The minimum absolute atomic E-state index is 1.12. The van der Waals surface area contributed by atoms with Gasteiger partial charge in [-0.2, -0.15) is 0 Å². The van der Waals surface area contributed by atoms with Gasteiger partial charge in [0.15, 0.2) is 0 Å². The van der Waals surface area contributed by atoms with E-state index in [9.17, 15) is 0 Å². The molecular formula is C4H12N2O2. The van der Waals surface area contributed by atoms with Crippen LogP contribution in [0, 0.1) is 0 Å². The molecule has 0 saturated heterocycles. The molecule has 0 aromatic carbocycles. The van der Waals surface area contributed by atoms with Gasteiger partial charge in [0.25, 0.3) is 6.03 Å². The average Bonchev–Trinajstić information content (AvgIpc) is 1.87. The third-order valence-corrected chi connectivity index (χ3v) is 0.955. The lowest BCUT2D eigenvalue weighted by Gasteiger charge is -2.23. The largest absolute Gasteiger partial charge is 0.328 e. The molecule has 0 aliphatic heterocycles. The van der Waals surface area contributed by atoms with Crippen LogP contribution in [-0.4, -0.2) is 27.3 Å². The van der Waals surface area contributed by atoms with E-state index < -0.39 is 6.03 Å². The molecule has 4 heteroatoms. The van der Waals surface area contributed by atoms with Gasteiger partial charge in [0.2, 0.25) is 0 Å². The third-order valence-electron chi connectivity index (χ3n) is 0.955. The molecule has 0 aromatic heterocycles. The summed E-state index contributed by atoms with van der Waals surface area (Å²) in [5, 5.41) is 2.61. The fourth-order valence-electron chi connectivity index (χ4n) is 0.287. The summed E-state index contributed by atoms with van der Waals surface area (Å²) in [6.07, 6.45) is 0. The average molecular weight is 120 g/mol.